The van der Waals surface area contributed by atoms with E-state index in [1.165, 1.54) is 0 Å². The molecule has 0 aromatic heterocycles. The van der Waals surface area contributed by atoms with Crippen molar-refractivity contribution in [3.63, 3.8) is 0 Å². The van der Waals surface area contributed by atoms with Gasteiger partial charge in [0.05, 0.1) is 19.8 Å². The van der Waals surface area contributed by atoms with Crippen LogP contribution in [0.2, 0.25) is 0 Å². The maximum atomic E-state index is 11.9. The first kappa shape index (κ1) is 14.7. The van der Waals surface area contributed by atoms with E-state index in [-0.39, 0.29) is 12.1 Å². The summed E-state index contributed by atoms with van der Waals surface area (Å²) in [5.41, 5.74) is 1.10. The first-order chi connectivity index (χ1) is 9.67. The van der Waals surface area contributed by atoms with Crippen LogP contribution in [0.1, 0.15) is 18.5 Å². The summed E-state index contributed by atoms with van der Waals surface area (Å²) in [5, 5.41) is 0. The van der Waals surface area contributed by atoms with Gasteiger partial charge in [-0.25, -0.2) is 4.79 Å². The molecule has 5 heteroatoms. The van der Waals surface area contributed by atoms with Crippen LogP contribution in [0.3, 0.4) is 0 Å². The Labute approximate surface area is 120 Å². The predicted octanol–water partition coefficient (Wildman–Crippen LogP) is 2.14. The van der Waals surface area contributed by atoms with E-state index in [1.54, 1.807) is 12.0 Å². The van der Waals surface area contributed by atoms with E-state index in [1.807, 2.05) is 25.1 Å². The van der Waals surface area contributed by atoms with Gasteiger partial charge in [-0.2, -0.15) is 0 Å². The van der Waals surface area contributed by atoms with Gasteiger partial charge in [0.25, 0.3) is 0 Å². The second kappa shape index (κ2) is 6.61. The van der Waals surface area contributed by atoms with Crippen molar-refractivity contribution < 1.29 is 14.3 Å². The van der Waals surface area contributed by atoms with Gasteiger partial charge in [-0.3, -0.25) is 4.90 Å². The number of nitrogens with zero attached hydrogens (tertiary/aromatic N) is 2. The van der Waals surface area contributed by atoms with Crippen molar-refractivity contribution in [3.8, 4) is 5.75 Å². The Morgan fingerprint density at radius 2 is 2.10 bits per heavy atom. The molecule has 1 fully saturated rings. The smallest absolute Gasteiger partial charge is 0.409 e. The number of hydrogen-bond donors (Lipinski definition) is 0. The van der Waals surface area contributed by atoms with Gasteiger partial charge in [0, 0.05) is 25.2 Å². The molecule has 1 aliphatic heterocycles. The Kier molecular flexibility index (Phi) is 4.84. The van der Waals surface area contributed by atoms with E-state index in [0.29, 0.717) is 19.7 Å². The summed E-state index contributed by atoms with van der Waals surface area (Å²) in [5.74, 6) is 0.857. The van der Waals surface area contributed by atoms with Crippen LogP contribution in [0.4, 0.5) is 4.79 Å². The molecule has 20 heavy (non-hydrogen) atoms. The van der Waals surface area contributed by atoms with Crippen molar-refractivity contribution in [1.82, 2.24) is 9.80 Å². The quantitative estimate of drug-likeness (QED) is 0.849. The summed E-state index contributed by atoms with van der Waals surface area (Å²) in [4.78, 5) is 15.9. The molecule has 1 amide bonds. The van der Waals surface area contributed by atoms with Crippen LogP contribution in [0.25, 0.3) is 0 Å². The molecule has 1 aromatic carbocycles. The molecule has 0 bridgehead atoms. The van der Waals surface area contributed by atoms with E-state index in [4.69, 9.17) is 9.47 Å². The normalized spacial score (nSPS) is 19.8. The van der Waals surface area contributed by atoms with Crippen LogP contribution in [-0.2, 0) is 4.74 Å². The van der Waals surface area contributed by atoms with Crippen LogP contribution >= 0.6 is 0 Å². The third kappa shape index (κ3) is 3.04. The Morgan fingerprint density at radius 1 is 1.35 bits per heavy atom. The molecule has 1 heterocycles. The minimum Gasteiger partial charge on any atom is -0.496 e. The van der Waals surface area contributed by atoms with Crippen LogP contribution in [-0.4, -0.2) is 56.3 Å². The van der Waals surface area contributed by atoms with Crippen LogP contribution in [0, 0.1) is 0 Å². The van der Waals surface area contributed by atoms with Crippen molar-refractivity contribution in [2.45, 2.75) is 13.0 Å². The number of carbonyl (C=O) groups is 1. The van der Waals surface area contributed by atoms with Crippen molar-refractivity contribution >= 4 is 6.09 Å². The fraction of sp³-hybridized carbons (Fsp3) is 0.533. The fourth-order valence-corrected chi connectivity index (χ4v) is 2.53. The molecular formula is C15H22N2O3. The molecular weight excluding hydrogens is 256 g/mol. The van der Waals surface area contributed by atoms with E-state index in [9.17, 15) is 4.79 Å². The van der Waals surface area contributed by atoms with Crippen LogP contribution in [0.5, 0.6) is 5.75 Å². The molecule has 0 N–H and O–H groups in total. The fourth-order valence-electron chi connectivity index (χ4n) is 2.53. The first-order valence-electron chi connectivity index (χ1n) is 6.92. The Hall–Kier alpha value is -1.75. The molecule has 110 valence electrons. The third-order valence-corrected chi connectivity index (χ3v) is 3.67. The molecule has 5 nitrogen and oxygen atoms in total. The number of amides is 1. The third-order valence-electron chi connectivity index (χ3n) is 3.67. The number of hydrogen-bond acceptors (Lipinski definition) is 4. The lowest BCUT2D eigenvalue weighted by Gasteiger charge is -2.39. The topological polar surface area (TPSA) is 42.0 Å². The number of methoxy groups -OCH3 is 1. The highest BCUT2D eigenvalue weighted by molar-refractivity contribution is 5.67. The summed E-state index contributed by atoms with van der Waals surface area (Å²) < 4.78 is 10.5. The second-order valence-corrected chi connectivity index (χ2v) is 4.88. The van der Waals surface area contributed by atoms with Crippen LogP contribution in [0.15, 0.2) is 24.3 Å². The lowest BCUT2D eigenvalue weighted by Crippen LogP contribution is -2.49. The Bertz CT molecular complexity index is 464. The number of likely N-dealkylation sites (N-methyl/N-ethyl adjacent to an activating group) is 1. The molecule has 0 aliphatic carbocycles. The summed E-state index contributed by atoms with van der Waals surface area (Å²) in [6.07, 6.45) is -0.236. The molecule has 1 aromatic rings. The lowest BCUT2D eigenvalue weighted by atomic mass is 10.0. The molecule has 0 radical (unpaired) electrons. The highest BCUT2D eigenvalue weighted by Crippen LogP contribution is 2.31. The molecule has 1 unspecified atom stereocenters. The number of benzene rings is 1. The van der Waals surface area contributed by atoms with E-state index in [2.05, 4.69) is 18.0 Å². The van der Waals surface area contributed by atoms with Crippen molar-refractivity contribution in [2.75, 3.05) is 40.4 Å². The molecule has 0 saturated carbocycles. The maximum Gasteiger partial charge on any atom is 0.409 e. The summed E-state index contributed by atoms with van der Waals surface area (Å²) in [7, 11) is 3.74. The van der Waals surface area contributed by atoms with Gasteiger partial charge in [0.15, 0.2) is 0 Å². The number of para-hydroxylation sites is 1. The highest BCUT2D eigenvalue weighted by atomic mass is 16.6. The lowest BCUT2D eigenvalue weighted by molar-refractivity contribution is 0.0622. The minimum absolute atomic E-state index is 0.129. The molecule has 1 saturated heterocycles. The van der Waals surface area contributed by atoms with Crippen molar-refractivity contribution in [3.05, 3.63) is 29.8 Å². The molecule has 0 spiro atoms. The van der Waals surface area contributed by atoms with E-state index in [0.717, 1.165) is 17.9 Å². The SMILES string of the molecule is CCOC(=O)N1CCN(C)C(c2ccccc2OC)C1. The monoisotopic (exact) mass is 278 g/mol. The van der Waals surface area contributed by atoms with E-state index >= 15 is 0 Å². The van der Waals surface area contributed by atoms with Gasteiger partial charge in [-0.1, -0.05) is 18.2 Å². The summed E-state index contributed by atoms with van der Waals surface area (Å²) >= 11 is 0. The van der Waals surface area contributed by atoms with Gasteiger partial charge in [0.2, 0.25) is 0 Å². The molecule has 1 aliphatic rings. The largest absolute Gasteiger partial charge is 0.496 e. The first-order valence-corrected chi connectivity index (χ1v) is 6.92. The van der Waals surface area contributed by atoms with Gasteiger partial charge in [-0.15, -0.1) is 0 Å². The summed E-state index contributed by atoms with van der Waals surface area (Å²) in [6.45, 7) is 4.37. The summed E-state index contributed by atoms with van der Waals surface area (Å²) in [6, 6.07) is 8.08. The van der Waals surface area contributed by atoms with Crippen LogP contribution < -0.4 is 4.74 Å². The number of carbonyl (C=O) groups excluding carboxylic acids is 1. The standard InChI is InChI=1S/C15H22N2O3/c1-4-20-15(18)17-10-9-16(2)13(11-17)12-7-5-6-8-14(12)19-3/h5-8,13H,4,9-11H2,1-3H3. The average molecular weight is 278 g/mol. The van der Waals surface area contributed by atoms with Gasteiger partial charge in [-0.05, 0) is 20.0 Å². The predicted molar refractivity (Wildman–Crippen MR) is 77.0 cm³/mol. The zero-order chi connectivity index (χ0) is 14.5. The van der Waals surface area contributed by atoms with Crippen molar-refractivity contribution in [2.24, 2.45) is 0 Å². The second-order valence-electron chi connectivity index (χ2n) is 4.88. The van der Waals surface area contributed by atoms with E-state index < -0.39 is 0 Å². The average Bonchev–Trinajstić information content (AvgIpc) is 2.48. The maximum absolute atomic E-state index is 11.9. The zero-order valence-electron chi connectivity index (χ0n) is 12.3. The minimum atomic E-state index is -0.236. The van der Waals surface area contributed by atoms with Gasteiger partial charge >= 0.3 is 6.09 Å². The highest BCUT2D eigenvalue weighted by Gasteiger charge is 2.30. The number of piperazine rings is 1. The number of ether oxygens (including phenoxy) is 2. The Balaban J connectivity index is 2.18. The van der Waals surface area contributed by atoms with Gasteiger partial charge in [0.1, 0.15) is 5.75 Å². The van der Waals surface area contributed by atoms with Crippen molar-refractivity contribution in [1.29, 1.82) is 0 Å². The Morgan fingerprint density at radius 3 is 2.80 bits per heavy atom. The van der Waals surface area contributed by atoms with Gasteiger partial charge < -0.3 is 14.4 Å². The number of rotatable bonds is 3. The zero-order valence-corrected chi connectivity index (χ0v) is 12.3. The molecule has 2 rings (SSSR count). The molecule has 1 atom stereocenters.